The van der Waals surface area contributed by atoms with Crippen LogP contribution in [0.4, 0.5) is 0 Å². The molecule has 0 radical (unpaired) electrons. The molecule has 6 bridgehead atoms. The summed E-state index contributed by atoms with van der Waals surface area (Å²) in [5, 5.41) is 0. The highest BCUT2D eigenvalue weighted by atomic mass is 32.2. The lowest BCUT2D eigenvalue weighted by Gasteiger charge is -2.55. The van der Waals surface area contributed by atoms with Crippen LogP contribution in [0.25, 0.3) is 0 Å². The number of fused-ring (bicyclic) bond motifs is 1. The van der Waals surface area contributed by atoms with Gasteiger partial charge in [0.25, 0.3) is 0 Å². The SMILES string of the molecule is CC(C)c1cc(OC(=O)C23CC4CC2C(OC3=O)C4OC(=O)C23CC4CC(CC(C4)C2)C3)cc(C(C)C)c1S(=O)(=O)[O-]. The number of esters is 3. The summed E-state index contributed by atoms with van der Waals surface area (Å²) in [6, 6.07) is 2.83. The summed E-state index contributed by atoms with van der Waals surface area (Å²) in [7, 11) is -4.78. The maximum atomic E-state index is 13.8. The first-order chi connectivity index (χ1) is 19.7. The molecule has 6 saturated carbocycles. The highest BCUT2D eigenvalue weighted by Crippen LogP contribution is 2.64. The van der Waals surface area contributed by atoms with Crippen molar-refractivity contribution in [3.63, 3.8) is 0 Å². The number of benzene rings is 1. The number of hydrogen-bond donors (Lipinski definition) is 0. The van der Waals surface area contributed by atoms with Crippen molar-refractivity contribution in [2.45, 2.75) is 108 Å². The third-order valence-corrected chi connectivity index (χ3v) is 12.4. The number of carbonyl (C=O) groups excluding carboxylic acids is 3. The number of rotatable bonds is 7. The molecule has 7 aliphatic rings. The van der Waals surface area contributed by atoms with Gasteiger partial charge in [-0.1, -0.05) is 27.7 Å². The molecule has 1 heterocycles. The van der Waals surface area contributed by atoms with E-state index in [2.05, 4.69) is 0 Å². The lowest BCUT2D eigenvalue weighted by atomic mass is 9.49. The Balaban J connectivity index is 1.12. The fourth-order valence-electron chi connectivity index (χ4n) is 10.1. The van der Waals surface area contributed by atoms with Crippen molar-refractivity contribution >= 4 is 28.0 Å². The van der Waals surface area contributed by atoms with E-state index >= 15 is 0 Å². The Kier molecular flexibility index (Phi) is 6.25. The van der Waals surface area contributed by atoms with Gasteiger partial charge in [0.05, 0.1) is 10.3 Å². The summed E-state index contributed by atoms with van der Waals surface area (Å²) >= 11 is 0. The zero-order chi connectivity index (χ0) is 29.9. The van der Waals surface area contributed by atoms with Crippen LogP contribution in [0.15, 0.2) is 17.0 Å². The third kappa shape index (κ3) is 4.03. The standard InChI is InChI=1S/C32H40O9S/c1-15(2)22-9-21(10-23(16(3)4)27(22)42(36,37)38)39-29(34)32-14-20-8-24(32)26(41-30(32)35)25(20)40-28(33)31-11-17-5-18(12-31)7-19(6-17)13-31/h9-10,15-20,24-26H,5-8,11-14H2,1-4H3,(H,36,37,38)/p-1. The number of ether oxygens (including phenoxy) is 3. The molecule has 228 valence electrons. The van der Waals surface area contributed by atoms with Gasteiger partial charge in [-0.25, -0.2) is 8.42 Å². The molecule has 0 amide bonds. The first-order valence-corrected chi connectivity index (χ1v) is 16.9. The van der Waals surface area contributed by atoms with E-state index in [0.29, 0.717) is 24.2 Å². The van der Waals surface area contributed by atoms with Crippen LogP contribution >= 0.6 is 0 Å². The van der Waals surface area contributed by atoms with Crippen molar-refractivity contribution in [1.82, 2.24) is 0 Å². The Hall–Kier alpha value is -2.46. The van der Waals surface area contributed by atoms with Gasteiger partial charge in [-0.05, 0) is 104 Å². The van der Waals surface area contributed by atoms with Crippen LogP contribution in [0, 0.1) is 40.4 Å². The van der Waals surface area contributed by atoms with Crippen molar-refractivity contribution in [1.29, 1.82) is 0 Å². The summed E-state index contributed by atoms with van der Waals surface area (Å²) in [5.74, 6) is -0.918. The van der Waals surface area contributed by atoms with Gasteiger partial charge in [0, 0.05) is 11.8 Å². The highest BCUT2D eigenvalue weighted by molar-refractivity contribution is 7.85. The van der Waals surface area contributed by atoms with Crippen molar-refractivity contribution in [2.75, 3.05) is 0 Å². The Morgan fingerprint density at radius 2 is 1.45 bits per heavy atom. The Morgan fingerprint density at radius 3 is 1.95 bits per heavy atom. The van der Waals surface area contributed by atoms with Crippen molar-refractivity contribution < 1.29 is 41.6 Å². The van der Waals surface area contributed by atoms with Crippen LogP contribution in [0.2, 0.25) is 0 Å². The van der Waals surface area contributed by atoms with E-state index in [9.17, 15) is 27.4 Å². The van der Waals surface area contributed by atoms with E-state index in [1.165, 1.54) is 31.4 Å². The van der Waals surface area contributed by atoms with Crippen LogP contribution in [0.5, 0.6) is 5.75 Å². The Labute approximate surface area is 246 Å². The predicted octanol–water partition coefficient (Wildman–Crippen LogP) is 4.82. The lowest BCUT2D eigenvalue weighted by molar-refractivity contribution is -0.185. The second kappa shape index (κ2) is 9.27. The quantitative estimate of drug-likeness (QED) is 0.187. The molecule has 7 fully saturated rings. The molecule has 5 unspecified atom stereocenters. The average molecular weight is 600 g/mol. The molecule has 1 saturated heterocycles. The molecule has 1 aromatic carbocycles. The van der Waals surface area contributed by atoms with Crippen LogP contribution in [-0.4, -0.2) is 43.1 Å². The van der Waals surface area contributed by atoms with Gasteiger partial charge in [0.1, 0.15) is 28.1 Å². The van der Waals surface area contributed by atoms with Crippen LogP contribution in [0.1, 0.15) is 102 Å². The van der Waals surface area contributed by atoms with E-state index in [0.717, 1.165) is 19.3 Å². The maximum Gasteiger partial charge on any atom is 0.329 e. The van der Waals surface area contributed by atoms with Gasteiger partial charge in [-0.15, -0.1) is 0 Å². The van der Waals surface area contributed by atoms with Gasteiger partial charge in [-0.3, -0.25) is 14.4 Å². The van der Waals surface area contributed by atoms with E-state index in [4.69, 9.17) is 14.2 Å². The van der Waals surface area contributed by atoms with Gasteiger partial charge in [-0.2, -0.15) is 0 Å². The summed E-state index contributed by atoms with van der Waals surface area (Å²) in [6.07, 6.45) is 5.83. The summed E-state index contributed by atoms with van der Waals surface area (Å²) < 4.78 is 54.4. The van der Waals surface area contributed by atoms with E-state index in [1.807, 2.05) is 0 Å². The number of carbonyl (C=O) groups is 3. The maximum absolute atomic E-state index is 13.8. The molecule has 0 spiro atoms. The molecule has 0 N–H and O–H groups in total. The topological polar surface area (TPSA) is 136 Å². The van der Waals surface area contributed by atoms with Crippen molar-refractivity contribution in [3.8, 4) is 5.75 Å². The van der Waals surface area contributed by atoms with Crippen LogP contribution < -0.4 is 4.74 Å². The molecule has 1 aromatic rings. The minimum absolute atomic E-state index is 0.0954. The molecular weight excluding hydrogens is 560 g/mol. The Morgan fingerprint density at radius 1 is 0.905 bits per heavy atom. The Bertz CT molecular complexity index is 1410. The second-order valence-corrected chi connectivity index (χ2v) is 16.1. The molecule has 0 aromatic heterocycles. The van der Waals surface area contributed by atoms with E-state index in [-0.39, 0.29) is 51.9 Å². The normalized spacial score (nSPS) is 39.3. The predicted molar refractivity (Wildman–Crippen MR) is 147 cm³/mol. The largest absolute Gasteiger partial charge is 0.744 e. The molecule has 8 rings (SSSR count). The van der Waals surface area contributed by atoms with Gasteiger partial charge >= 0.3 is 17.9 Å². The van der Waals surface area contributed by atoms with Crippen LogP contribution in [-0.2, 0) is 34.0 Å². The minimum Gasteiger partial charge on any atom is -0.744 e. The molecule has 9 nitrogen and oxygen atoms in total. The van der Waals surface area contributed by atoms with E-state index < -0.39 is 51.0 Å². The summed E-state index contributed by atoms with van der Waals surface area (Å²) in [5.41, 5.74) is -1.36. The highest BCUT2D eigenvalue weighted by Gasteiger charge is 2.76. The number of hydrogen-bond acceptors (Lipinski definition) is 9. The fourth-order valence-corrected chi connectivity index (χ4v) is 11.3. The average Bonchev–Trinajstić information content (AvgIpc) is 3.49. The molecular formula is C32H39O9S-. The van der Waals surface area contributed by atoms with Gasteiger partial charge in [0.15, 0.2) is 5.41 Å². The second-order valence-electron chi connectivity index (χ2n) is 14.8. The smallest absolute Gasteiger partial charge is 0.329 e. The third-order valence-electron chi connectivity index (χ3n) is 11.5. The molecule has 10 heteroatoms. The van der Waals surface area contributed by atoms with Crippen molar-refractivity contribution in [3.05, 3.63) is 23.3 Å². The van der Waals surface area contributed by atoms with E-state index in [1.54, 1.807) is 27.7 Å². The van der Waals surface area contributed by atoms with Crippen molar-refractivity contribution in [2.24, 2.45) is 40.4 Å². The van der Waals surface area contributed by atoms with Crippen LogP contribution in [0.3, 0.4) is 0 Å². The fraction of sp³-hybridized carbons (Fsp3) is 0.719. The van der Waals surface area contributed by atoms with Gasteiger partial charge in [0.2, 0.25) is 0 Å². The minimum atomic E-state index is -4.78. The van der Waals surface area contributed by atoms with Gasteiger partial charge < -0.3 is 18.8 Å². The first-order valence-electron chi connectivity index (χ1n) is 15.5. The molecule has 5 atom stereocenters. The zero-order valence-electron chi connectivity index (χ0n) is 24.6. The monoisotopic (exact) mass is 599 g/mol. The molecule has 6 aliphatic carbocycles. The molecule has 1 aliphatic heterocycles. The summed E-state index contributed by atoms with van der Waals surface area (Å²) in [6.45, 7) is 7.05. The molecule has 42 heavy (non-hydrogen) atoms. The first kappa shape index (κ1) is 28.3. The summed E-state index contributed by atoms with van der Waals surface area (Å²) in [4.78, 5) is 40.5. The lowest BCUT2D eigenvalue weighted by Crippen LogP contribution is -2.52. The zero-order valence-corrected chi connectivity index (χ0v) is 25.4.